The summed E-state index contributed by atoms with van der Waals surface area (Å²) in [5.74, 6) is 0.895. The molecule has 6 nitrogen and oxygen atoms in total. The molecule has 4 rings (SSSR count). The van der Waals surface area contributed by atoms with Gasteiger partial charge in [-0.25, -0.2) is 4.39 Å². The first kappa shape index (κ1) is 26.1. The van der Waals surface area contributed by atoms with Crippen LogP contribution in [0.15, 0.2) is 42.5 Å². The third-order valence-corrected chi connectivity index (χ3v) is 7.03. The molecule has 0 saturated carbocycles. The van der Waals surface area contributed by atoms with Gasteiger partial charge in [0.1, 0.15) is 17.5 Å². The molecule has 1 amide bonds. The predicted octanol–water partition coefficient (Wildman–Crippen LogP) is 4.66. The molecule has 2 fully saturated rings. The Labute approximate surface area is 213 Å². The van der Waals surface area contributed by atoms with Crippen LogP contribution in [0, 0.1) is 17.2 Å². The smallest absolute Gasteiger partial charge is 0.253 e. The molecule has 1 N–H and O–H groups in total. The van der Waals surface area contributed by atoms with Crippen LogP contribution < -0.4 is 4.74 Å². The van der Waals surface area contributed by atoms with Crippen LogP contribution >= 0.6 is 0 Å². The first-order valence-electron chi connectivity index (χ1n) is 12.9. The van der Waals surface area contributed by atoms with E-state index in [1.54, 1.807) is 30.9 Å². The number of halogens is 1. The van der Waals surface area contributed by atoms with Gasteiger partial charge in [-0.3, -0.25) is 4.79 Å². The lowest BCUT2D eigenvalue weighted by Gasteiger charge is -2.34. The summed E-state index contributed by atoms with van der Waals surface area (Å²) in [5.41, 5.74) is 1.69. The summed E-state index contributed by atoms with van der Waals surface area (Å²) in [4.78, 5) is 16.6. The lowest BCUT2D eigenvalue weighted by molar-refractivity contribution is 0.0474. The number of carbonyl (C=O) groups is 1. The standard InChI is InChI=1S/C29H36FN3O3/c1-29(2,30)20-32-14-11-21(12-15-32)19-36-27-10-9-24(16-25(27)17-31)22-5-7-23(8-6-22)28(35)33-13-3-4-26(34)18-33/h5-10,16,21,26,34H,3-4,11-15,18-20H2,1-2H3. The summed E-state index contributed by atoms with van der Waals surface area (Å²) in [6.07, 6.45) is 3.01. The zero-order chi connectivity index (χ0) is 25.7. The number of hydrogen-bond acceptors (Lipinski definition) is 5. The van der Waals surface area contributed by atoms with Gasteiger partial charge in [0, 0.05) is 25.2 Å². The highest BCUT2D eigenvalue weighted by molar-refractivity contribution is 5.94. The molecule has 1 unspecified atom stereocenters. The van der Waals surface area contributed by atoms with Crippen molar-refractivity contribution < 1.29 is 19.0 Å². The quantitative estimate of drug-likeness (QED) is 0.607. The molecule has 1 atom stereocenters. The van der Waals surface area contributed by atoms with E-state index in [1.807, 2.05) is 30.3 Å². The highest BCUT2D eigenvalue weighted by Gasteiger charge is 2.26. The number of rotatable bonds is 7. The van der Waals surface area contributed by atoms with Crippen molar-refractivity contribution in [2.24, 2.45) is 5.92 Å². The molecular formula is C29H36FN3O3. The summed E-state index contributed by atoms with van der Waals surface area (Å²) in [5, 5.41) is 19.6. The Morgan fingerprint density at radius 2 is 1.81 bits per heavy atom. The Morgan fingerprint density at radius 3 is 2.44 bits per heavy atom. The fraction of sp³-hybridized carbons (Fsp3) is 0.517. The van der Waals surface area contributed by atoms with Gasteiger partial charge in [-0.2, -0.15) is 5.26 Å². The number of nitrogens with zero attached hydrogens (tertiary/aromatic N) is 3. The van der Waals surface area contributed by atoms with Crippen LogP contribution in [0.4, 0.5) is 4.39 Å². The number of likely N-dealkylation sites (tertiary alicyclic amines) is 2. The van der Waals surface area contributed by atoms with E-state index in [4.69, 9.17) is 4.74 Å². The van der Waals surface area contributed by atoms with Crippen LogP contribution in [0.1, 0.15) is 55.5 Å². The van der Waals surface area contributed by atoms with Gasteiger partial charge in [0.05, 0.1) is 18.3 Å². The van der Waals surface area contributed by atoms with Crippen LogP contribution in [0.5, 0.6) is 5.75 Å². The predicted molar refractivity (Wildman–Crippen MR) is 138 cm³/mol. The molecule has 2 saturated heterocycles. The molecule has 2 aliphatic rings. The van der Waals surface area contributed by atoms with E-state index in [0.717, 1.165) is 49.9 Å². The largest absolute Gasteiger partial charge is 0.492 e. The Bertz CT molecular complexity index is 1080. The fourth-order valence-electron chi connectivity index (χ4n) is 5.10. The maximum atomic E-state index is 13.9. The lowest BCUT2D eigenvalue weighted by atomic mass is 9.96. The summed E-state index contributed by atoms with van der Waals surface area (Å²) >= 11 is 0. The second-order valence-electron chi connectivity index (χ2n) is 10.7. The number of aliphatic hydroxyl groups is 1. The molecule has 2 aromatic carbocycles. The molecule has 0 aromatic heterocycles. The Balaban J connectivity index is 1.35. The molecular weight excluding hydrogens is 457 g/mol. The zero-order valence-corrected chi connectivity index (χ0v) is 21.3. The van der Waals surface area contributed by atoms with E-state index in [0.29, 0.717) is 49.0 Å². The van der Waals surface area contributed by atoms with Gasteiger partial charge in [0.25, 0.3) is 5.91 Å². The molecule has 7 heteroatoms. The third-order valence-electron chi connectivity index (χ3n) is 7.03. The first-order chi connectivity index (χ1) is 17.2. The van der Waals surface area contributed by atoms with E-state index in [9.17, 15) is 19.6 Å². The molecule has 0 aliphatic carbocycles. The van der Waals surface area contributed by atoms with Crippen molar-refractivity contribution >= 4 is 5.91 Å². The fourth-order valence-corrected chi connectivity index (χ4v) is 5.10. The van der Waals surface area contributed by atoms with Crippen molar-refractivity contribution in [3.63, 3.8) is 0 Å². The summed E-state index contributed by atoms with van der Waals surface area (Å²) in [6.45, 7) is 7.00. The number of piperidine rings is 2. The molecule has 192 valence electrons. The van der Waals surface area contributed by atoms with Crippen molar-refractivity contribution in [1.29, 1.82) is 5.26 Å². The second kappa shape index (κ2) is 11.4. The number of aliphatic hydroxyl groups excluding tert-OH is 1. The lowest BCUT2D eigenvalue weighted by Crippen LogP contribution is -2.42. The van der Waals surface area contributed by atoms with E-state index < -0.39 is 11.8 Å². The van der Waals surface area contributed by atoms with Gasteiger partial charge in [-0.15, -0.1) is 0 Å². The van der Waals surface area contributed by atoms with E-state index in [-0.39, 0.29) is 5.91 Å². The van der Waals surface area contributed by atoms with E-state index >= 15 is 0 Å². The van der Waals surface area contributed by atoms with Crippen molar-refractivity contribution in [2.75, 3.05) is 39.3 Å². The van der Waals surface area contributed by atoms with Crippen LogP contribution in [0.2, 0.25) is 0 Å². The van der Waals surface area contributed by atoms with E-state index in [2.05, 4.69) is 11.0 Å². The molecule has 0 spiro atoms. The van der Waals surface area contributed by atoms with Crippen molar-refractivity contribution in [3.8, 4) is 22.9 Å². The number of β-amino-alcohol motifs (C(OH)–C–C–N with tert-alkyl or cyclic N) is 1. The molecule has 2 aromatic rings. The molecule has 0 bridgehead atoms. The minimum absolute atomic E-state index is 0.0685. The maximum Gasteiger partial charge on any atom is 0.253 e. The third kappa shape index (κ3) is 6.83. The van der Waals surface area contributed by atoms with Crippen molar-refractivity contribution in [2.45, 2.75) is 51.3 Å². The van der Waals surface area contributed by atoms with Gasteiger partial charge in [-0.1, -0.05) is 18.2 Å². The van der Waals surface area contributed by atoms with Crippen LogP contribution in [-0.2, 0) is 0 Å². The summed E-state index contributed by atoms with van der Waals surface area (Å²) < 4.78 is 19.9. The van der Waals surface area contributed by atoms with Gasteiger partial charge in [-0.05, 0) is 93.9 Å². The average molecular weight is 494 g/mol. The van der Waals surface area contributed by atoms with Gasteiger partial charge >= 0.3 is 0 Å². The molecule has 2 aliphatic heterocycles. The van der Waals surface area contributed by atoms with Crippen LogP contribution in [-0.4, -0.2) is 71.9 Å². The minimum Gasteiger partial charge on any atom is -0.492 e. The van der Waals surface area contributed by atoms with Crippen LogP contribution in [0.25, 0.3) is 11.1 Å². The highest BCUT2D eigenvalue weighted by Crippen LogP contribution is 2.28. The minimum atomic E-state index is -1.18. The average Bonchev–Trinajstić information content (AvgIpc) is 2.87. The van der Waals surface area contributed by atoms with Gasteiger partial charge < -0.3 is 19.6 Å². The summed E-state index contributed by atoms with van der Waals surface area (Å²) in [7, 11) is 0. The molecule has 0 radical (unpaired) electrons. The van der Waals surface area contributed by atoms with Crippen molar-refractivity contribution in [1.82, 2.24) is 9.80 Å². The normalized spacial score (nSPS) is 19.6. The zero-order valence-electron chi connectivity index (χ0n) is 21.3. The first-order valence-corrected chi connectivity index (χ1v) is 12.9. The number of hydrogen-bond donors (Lipinski definition) is 1. The van der Waals surface area contributed by atoms with E-state index in [1.165, 1.54) is 0 Å². The number of ether oxygens (including phenoxy) is 1. The highest BCUT2D eigenvalue weighted by atomic mass is 19.1. The second-order valence-corrected chi connectivity index (χ2v) is 10.7. The maximum absolute atomic E-state index is 13.9. The Hall–Kier alpha value is -2.95. The number of amides is 1. The number of carbonyl (C=O) groups excluding carboxylic acids is 1. The Kier molecular flexibility index (Phi) is 8.28. The number of alkyl halides is 1. The summed E-state index contributed by atoms with van der Waals surface area (Å²) in [6, 6.07) is 15.2. The van der Waals surface area contributed by atoms with Crippen LogP contribution in [0.3, 0.4) is 0 Å². The number of benzene rings is 2. The van der Waals surface area contributed by atoms with Gasteiger partial charge in [0.15, 0.2) is 0 Å². The molecule has 2 heterocycles. The topological polar surface area (TPSA) is 76.8 Å². The monoisotopic (exact) mass is 493 g/mol. The molecule has 36 heavy (non-hydrogen) atoms. The van der Waals surface area contributed by atoms with Crippen molar-refractivity contribution in [3.05, 3.63) is 53.6 Å². The SMILES string of the molecule is CC(C)(F)CN1CCC(COc2ccc(-c3ccc(C(=O)N4CCCC(O)C4)cc3)cc2C#N)CC1. The van der Waals surface area contributed by atoms with Gasteiger partial charge in [0.2, 0.25) is 0 Å². The Morgan fingerprint density at radius 1 is 1.11 bits per heavy atom. The number of nitriles is 1.